The summed E-state index contributed by atoms with van der Waals surface area (Å²) in [5.41, 5.74) is 4.39. The molecule has 2 unspecified atom stereocenters. The zero-order valence-electron chi connectivity index (χ0n) is 14.5. The summed E-state index contributed by atoms with van der Waals surface area (Å²) in [4.78, 5) is 55.6. The molecular formula is C9H17N4O14P3. The van der Waals surface area contributed by atoms with Gasteiger partial charge in [0.15, 0.2) is 6.23 Å². The molecule has 1 aliphatic heterocycles. The van der Waals surface area contributed by atoms with Crippen molar-refractivity contribution in [2.75, 3.05) is 12.3 Å². The second kappa shape index (κ2) is 9.20. The lowest BCUT2D eigenvalue weighted by Gasteiger charge is -2.23. The number of aromatic nitrogens is 2. The number of hydrogen-bond donors (Lipinski definition) is 7. The lowest BCUT2D eigenvalue weighted by molar-refractivity contribution is -0.0685. The van der Waals surface area contributed by atoms with Crippen molar-refractivity contribution in [1.82, 2.24) is 9.55 Å². The van der Waals surface area contributed by atoms with Crippen molar-refractivity contribution in [2.45, 2.75) is 24.5 Å². The molecule has 18 nitrogen and oxygen atoms in total. The Kier molecular flexibility index (Phi) is 7.72. The first kappa shape index (κ1) is 25.2. The van der Waals surface area contributed by atoms with E-state index in [0.717, 1.165) is 10.8 Å². The topological polar surface area (TPSA) is 285 Å². The van der Waals surface area contributed by atoms with E-state index in [0.29, 0.717) is 0 Å². The summed E-state index contributed by atoms with van der Waals surface area (Å²) < 4.78 is 52.0. The van der Waals surface area contributed by atoms with Crippen LogP contribution in [-0.2, 0) is 36.4 Å². The van der Waals surface area contributed by atoms with Crippen molar-refractivity contribution in [2.24, 2.45) is 5.90 Å². The number of ether oxygens (including phenoxy) is 1. The molecule has 0 spiro atoms. The van der Waals surface area contributed by atoms with Gasteiger partial charge in [0.25, 0.3) is 0 Å². The van der Waals surface area contributed by atoms with Crippen LogP contribution >= 0.6 is 23.5 Å². The minimum Gasteiger partial charge on any atom is -0.386 e. The van der Waals surface area contributed by atoms with Crippen LogP contribution in [0.2, 0.25) is 0 Å². The summed E-state index contributed by atoms with van der Waals surface area (Å²) in [6.45, 7) is -0.564. The predicted molar refractivity (Wildman–Crippen MR) is 91.7 cm³/mol. The molecule has 2 heterocycles. The minimum absolute atomic E-state index is 0.143. The van der Waals surface area contributed by atoms with E-state index in [4.69, 9.17) is 26.2 Å². The van der Waals surface area contributed by atoms with Crippen LogP contribution in [0.4, 0.5) is 5.82 Å². The minimum atomic E-state index is -5.79. The first-order valence-electron chi connectivity index (χ1n) is 7.46. The third kappa shape index (κ3) is 6.71. The van der Waals surface area contributed by atoms with Crippen molar-refractivity contribution < 1.29 is 61.1 Å². The molecule has 0 bridgehead atoms. The molecule has 9 N–H and O–H groups in total. The highest BCUT2D eigenvalue weighted by molar-refractivity contribution is 7.66. The van der Waals surface area contributed by atoms with Gasteiger partial charge in [-0.3, -0.25) is 9.09 Å². The van der Waals surface area contributed by atoms with Gasteiger partial charge < -0.3 is 40.0 Å². The number of nitrogens with zero attached hydrogens (tertiary/aromatic N) is 2. The third-order valence-electron chi connectivity index (χ3n) is 3.37. The zero-order valence-corrected chi connectivity index (χ0v) is 17.2. The fourth-order valence-corrected chi connectivity index (χ4v) is 5.61. The van der Waals surface area contributed by atoms with Crippen LogP contribution in [0.5, 0.6) is 0 Å². The molecule has 1 aliphatic rings. The molecule has 0 aromatic carbocycles. The van der Waals surface area contributed by atoms with Crippen LogP contribution in [0, 0.1) is 0 Å². The van der Waals surface area contributed by atoms with Crippen molar-refractivity contribution >= 4 is 29.3 Å². The fraction of sp³-hybridized carbons (Fsp3) is 0.556. The average Bonchev–Trinajstić information content (AvgIpc) is 2.80. The van der Waals surface area contributed by atoms with Gasteiger partial charge in [-0.15, -0.1) is 0 Å². The van der Waals surface area contributed by atoms with E-state index in [2.05, 4.69) is 23.0 Å². The lowest BCUT2D eigenvalue weighted by Crippen LogP contribution is -2.38. The van der Waals surface area contributed by atoms with E-state index in [1.54, 1.807) is 0 Å². The number of nitrogen functional groups attached to an aromatic ring is 1. The van der Waals surface area contributed by atoms with Gasteiger partial charge in [0, 0.05) is 6.20 Å². The molecular weight excluding hydrogens is 481 g/mol. The Labute approximate surface area is 166 Å². The monoisotopic (exact) mass is 498 g/mol. The average molecular weight is 498 g/mol. The van der Waals surface area contributed by atoms with Gasteiger partial charge in [-0.25, -0.2) is 24.4 Å². The van der Waals surface area contributed by atoms with Crippen molar-refractivity contribution in [3.05, 3.63) is 22.7 Å². The molecule has 1 aromatic heterocycles. The van der Waals surface area contributed by atoms with Crippen LogP contribution in [0.25, 0.3) is 0 Å². The van der Waals surface area contributed by atoms with Crippen molar-refractivity contribution in [3.8, 4) is 0 Å². The highest BCUT2D eigenvalue weighted by Gasteiger charge is 2.51. The van der Waals surface area contributed by atoms with Gasteiger partial charge in [-0.05, 0) is 6.07 Å². The molecule has 0 saturated carbocycles. The number of aliphatic hydroxyl groups is 1. The van der Waals surface area contributed by atoms with Gasteiger partial charge in [0.2, 0.25) is 0 Å². The molecule has 0 radical (unpaired) electrons. The first-order valence-corrected chi connectivity index (χ1v) is 12.0. The molecule has 1 aromatic rings. The number of aliphatic hydroxyl groups excluding tert-OH is 1. The number of rotatable bonds is 9. The smallest absolute Gasteiger partial charge is 0.386 e. The van der Waals surface area contributed by atoms with E-state index < -0.39 is 60.3 Å². The largest absolute Gasteiger partial charge is 0.490 e. The van der Waals surface area contributed by atoms with Gasteiger partial charge in [0.1, 0.15) is 24.1 Å². The van der Waals surface area contributed by atoms with Crippen LogP contribution in [0.1, 0.15) is 6.23 Å². The highest BCUT2D eigenvalue weighted by Crippen LogP contribution is 2.67. The Hall–Kier alpha value is -1.07. The van der Waals surface area contributed by atoms with Crippen LogP contribution < -0.4 is 17.3 Å². The van der Waals surface area contributed by atoms with E-state index in [1.165, 1.54) is 6.07 Å². The Morgan fingerprint density at radius 1 is 1.17 bits per heavy atom. The molecule has 1 fully saturated rings. The summed E-state index contributed by atoms with van der Waals surface area (Å²) >= 11 is 0. The predicted octanol–water partition coefficient (Wildman–Crippen LogP) is -2.31. The van der Waals surface area contributed by atoms with E-state index in [9.17, 15) is 33.4 Å². The standard InChI is InChI=1S/C9H17N4O14P3/c10-5-1-2-13(9(15)12-5)8-6(14)7(4(24-8)3-23-11)25-29(19,20)27-30(21,22)26-28(16,17)18/h1-2,4,6-8,14H,3,11H2,(H,19,20)(H,21,22)(H2,10,12,15)(H2,16,17,18)/t4-,6-,7-,8-/m1/s1. The van der Waals surface area contributed by atoms with Crippen molar-refractivity contribution in [3.63, 3.8) is 0 Å². The van der Waals surface area contributed by atoms with Gasteiger partial charge in [-0.1, -0.05) is 0 Å². The summed E-state index contributed by atoms with van der Waals surface area (Å²) in [6.07, 6.45) is -5.63. The molecule has 21 heteroatoms. The van der Waals surface area contributed by atoms with Gasteiger partial charge >= 0.3 is 29.2 Å². The second-order valence-electron chi connectivity index (χ2n) is 5.59. The number of phosphoric ester groups is 1. The number of hydrogen-bond acceptors (Lipinski definition) is 13. The Bertz CT molecular complexity index is 964. The number of nitrogens with two attached hydrogens (primary N) is 2. The molecule has 30 heavy (non-hydrogen) atoms. The Morgan fingerprint density at radius 2 is 1.80 bits per heavy atom. The van der Waals surface area contributed by atoms with Crippen LogP contribution in [0.15, 0.2) is 17.1 Å². The molecule has 0 amide bonds. The third-order valence-corrected chi connectivity index (χ3v) is 7.20. The molecule has 1 saturated heterocycles. The normalized spacial score (nSPS) is 28.7. The maximum atomic E-state index is 12.0. The van der Waals surface area contributed by atoms with Crippen LogP contribution in [0.3, 0.4) is 0 Å². The Morgan fingerprint density at radius 3 is 2.33 bits per heavy atom. The number of phosphoric acid groups is 3. The van der Waals surface area contributed by atoms with E-state index in [-0.39, 0.29) is 5.82 Å². The maximum Gasteiger partial charge on any atom is 0.490 e. The summed E-state index contributed by atoms with van der Waals surface area (Å²) in [7, 11) is -17.0. The maximum absolute atomic E-state index is 12.0. The zero-order chi connectivity index (χ0) is 22.9. The second-order valence-corrected chi connectivity index (χ2v) is 9.96. The SMILES string of the molecule is NOC[C@H]1O[C@@H](n2ccc(N)nc2=O)[C@H](O)[C@@H]1OP(=O)(O)OP(=O)(O)OP(=O)(O)O. The molecule has 172 valence electrons. The highest BCUT2D eigenvalue weighted by atomic mass is 31.3. The quantitative estimate of drug-likeness (QED) is 0.139. The molecule has 2 rings (SSSR count). The van der Waals surface area contributed by atoms with Gasteiger partial charge in [0.05, 0.1) is 6.61 Å². The lowest BCUT2D eigenvalue weighted by atomic mass is 10.1. The number of anilines is 1. The van der Waals surface area contributed by atoms with Gasteiger partial charge in [-0.2, -0.15) is 13.6 Å². The van der Waals surface area contributed by atoms with Crippen LogP contribution in [-0.4, -0.2) is 59.2 Å². The fourth-order valence-electron chi connectivity index (χ4n) is 2.38. The Balaban J connectivity index is 2.25. The summed E-state index contributed by atoms with van der Waals surface area (Å²) in [6, 6.07) is 1.18. The van der Waals surface area contributed by atoms with E-state index in [1.807, 2.05) is 0 Å². The van der Waals surface area contributed by atoms with E-state index >= 15 is 0 Å². The molecule has 6 atom stereocenters. The molecule has 0 aliphatic carbocycles. The summed E-state index contributed by atoms with van der Waals surface area (Å²) in [5.74, 6) is 4.77. The van der Waals surface area contributed by atoms with Crippen molar-refractivity contribution in [1.29, 1.82) is 0 Å². The first-order chi connectivity index (χ1) is 13.6. The summed E-state index contributed by atoms with van der Waals surface area (Å²) in [5, 5.41) is 10.4.